The molecular weight excluding hydrogens is 224 g/mol. The lowest BCUT2D eigenvalue weighted by Gasteiger charge is -2.29. The Morgan fingerprint density at radius 2 is 1.83 bits per heavy atom. The first-order chi connectivity index (χ1) is 8.93. The van der Waals surface area contributed by atoms with Crippen molar-refractivity contribution in [2.75, 3.05) is 44.3 Å². The number of ether oxygens (including phenoxy) is 1. The highest BCUT2D eigenvalue weighted by Gasteiger charge is 2.11. The van der Waals surface area contributed by atoms with Gasteiger partial charge in [-0.05, 0) is 36.2 Å². The number of rotatable bonds is 2. The van der Waals surface area contributed by atoms with Crippen molar-refractivity contribution < 1.29 is 4.74 Å². The summed E-state index contributed by atoms with van der Waals surface area (Å²) in [6.45, 7) is 5.80. The molecule has 18 heavy (non-hydrogen) atoms. The highest BCUT2D eigenvalue weighted by molar-refractivity contribution is 5.68. The fourth-order valence-corrected chi connectivity index (χ4v) is 2.59. The number of benzene rings is 1. The van der Waals surface area contributed by atoms with Crippen LogP contribution in [0, 0.1) is 0 Å². The highest BCUT2D eigenvalue weighted by Crippen LogP contribution is 2.23. The molecule has 0 radical (unpaired) electrons. The second kappa shape index (κ2) is 5.55. The van der Waals surface area contributed by atoms with Gasteiger partial charge in [0.1, 0.15) is 0 Å². The molecule has 0 spiro atoms. The third-order valence-corrected chi connectivity index (χ3v) is 3.68. The summed E-state index contributed by atoms with van der Waals surface area (Å²) in [4.78, 5) is 2.39. The predicted molar refractivity (Wildman–Crippen MR) is 74.9 cm³/mol. The molecule has 2 heterocycles. The molecule has 0 aliphatic carbocycles. The molecule has 1 N–H and O–H groups in total. The van der Waals surface area contributed by atoms with Gasteiger partial charge in [0.15, 0.2) is 0 Å². The van der Waals surface area contributed by atoms with Crippen LogP contribution in [0.1, 0.15) is 12.0 Å². The van der Waals surface area contributed by atoms with Gasteiger partial charge in [-0.15, -0.1) is 0 Å². The normalized spacial score (nSPS) is 20.7. The number of hydrogen-bond acceptors (Lipinski definition) is 3. The summed E-state index contributed by atoms with van der Waals surface area (Å²) >= 11 is 0. The Balaban J connectivity index is 1.73. The SMILES string of the molecule is C1=C(c2ccc(N3CCOCC3)cc2)CCNC1. The van der Waals surface area contributed by atoms with Gasteiger partial charge < -0.3 is 15.0 Å². The maximum atomic E-state index is 5.38. The molecule has 0 aromatic heterocycles. The summed E-state index contributed by atoms with van der Waals surface area (Å²) in [5.41, 5.74) is 4.16. The molecule has 3 rings (SSSR count). The third kappa shape index (κ3) is 2.57. The van der Waals surface area contributed by atoms with E-state index in [0.29, 0.717) is 0 Å². The molecule has 2 aliphatic rings. The molecule has 0 amide bonds. The van der Waals surface area contributed by atoms with E-state index in [0.717, 1.165) is 45.8 Å². The van der Waals surface area contributed by atoms with Crippen molar-refractivity contribution in [3.05, 3.63) is 35.9 Å². The van der Waals surface area contributed by atoms with Gasteiger partial charge in [-0.2, -0.15) is 0 Å². The predicted octanol–water partition coefficient (Wildman–Crippen LogP) is 1.90. The molecule has 1 fully saturated rings. The van der Waals surface area contributed by atoms with Gasteiger partial charge >= 0.3 is 0 Å². The average molecular weight is 244 g/mol. The zero-order valence-corrected chi connectivity index (χ0v) is 10.7. The number of morpholine rings is 1. The minimum Gasteiger partial charge on any atom is -0.378 e. The lowest BCUT2D eigenvalue weighted by molar-refractivity contribution is 0.122. The van der Waals surface area contributed by atoms with Crippen LogP contribution in [0.3, 0.4) is 0 Å². The molecule has 1 aromatic rings. The zero-order valence-electron chi connectivity index (χ0n) is 10.7. The second-order valence-corrected chi connectivity index (χ2v) is 4.83. The molecule has 96 valence electrons. The monoisotopic (exact) mass is 244 g/mol. The summed E-state index contributed by atoms with van der Waals surface area (Å²) in [6, 6.07) is 8.98. The maximum Gasteiger partial charge on any atom is 0.0642 e. The van der Waals surface area contributed by atoms with Crippen molar-refractivity contribution in [1.82, 2.24) is 5.32 Å². The van der Waals surface area contributed by atoms with E-state index in [2.05, 4.69) is 40.6 Å². The van der Waals surface area contributed by atoms with Gasteiger partial charge in [-0.1, -0.05) is 18.2 Å². The lowest BCUT2D eigenvalue weighted by atomic mass is 10.00. The minimum atomic E-state index is 0.846. The Labute approximate surface area is 108 Å². The van der Waals surface area contributed by atoms with Gasteiger partial charge in [0.05, 0.1) is 13.2 Å². The van der Waals surface area contributed by atoms with Gasteiger partial charge in [0, 0.05) is 25.3 Å². The van der Waals surface area contributed by atoms with E-state index in [-0.39, 0.29) is 0 Å². The Hall–Kier alpha value is -1.32. The van der Waals surface area contributed by atoms with Crippen LogP contribution in [-0.2, 0) is 4.74 Å². The van der Waals surface area contributed by atoms with E-state index in [9.17, 15) is 0 Å². The zero-order chi connectivity index (χ0) is 12.2. The van der Waals surface area contributed by atoms with Crippen LogP contribution in [0.15, 0.2) is 30.3 Å². The van der Waals surface area contributed by atoms with Crippen molar-refractivity contribution in [3.8, 4) is 0 Å². The van der Waals surface area contributed by atoms with Crippen LogP contribution in [-0.4, -0.2) is 39.4 Å². The summed E-state index contributed by atoms with van der Waals surface area (Å²) in [5, 5.41) is 3.35. The Kier molecular flexibility index (Phi) is 3.62. The summed E-state index contributed by atoms with van der Waals surface area (Å²) < 4.78 is 5.38. The smallest absolute Gasteiger partial charge is 0.0642 e. The van der Waals surface area contributed by atoms with Crippen molar-refractivity contribution in [3.63, 3.8) is 0 Å². The number of nitrogens with one attached hydrogen (secondary N) is 1. The average Bonchev–Trinajstić information content (AvgIpc) is 2.49. The van der Waals surface area contributed by atoms with Gasteiger partial charge in [0.25, 0.3) is 0 Å². The molecule has 3 heteroatoms. The van der Waals surface area contributed by atoms with E-state index in [4.69, 9.17) is 4.74 Å². The van der Waals surface area contributed by atoms with E-state index >= 15 is 0 Å². The van der Waals surface area contributed by atoms with E-state index in [1.807, 2.05) is 0 Å². The molecule has 2 aliphatic heterocycles. The first-order valence-corrected chi connectivity index (χ1v) is 6.76. The molecule has 3 nitrogen and oxygen atoms in total. The summed E-state index contributed by atoms with van der Waals surface area (Å²) in [5.74, 6) is 0. The van der Waals surface area contributed by atoms with Crippen molar-refractivity contribution in [1.29, 1.82) is 0 Å². The fourth-order valence-electron chi connectivity index (χ4n) is 2.59. The molecule has 0 unspecified atom stereocenters. The number of nitrogens with zero attached hydrogens (tertiary/aromatic N) is 1. The lowest BCUT2D eigenvalue weighted by Crippen LogP contribution is -2.36. The van der Waals surface area contributed by atoms with Crippen LogP contribution in [0.4, 0.5) is 5.69 Å². The van der Waals surface area contributed by atoms with E-state index in [1.54, 1.807) is 0 Å². The largest absolute Gasteiger partial charge is 0.378 e. The van der Waals surface area contributed by atoms with Gasteiger partial charge in [0.2, 0.25) is 0 Å². The summed E-state index contributed by atoms with van der Waals surface area (Å²) in [6.07, 6.45) is 3.43. The van der Waals surface area contributed by atoms with E-state index in [1.165, 1.54) is 16.8 Å². The van der Waals surface area contributed by atoms with Gasteiger partial charge in [-0.25, -0.2) is 0 Å². The highest BCUT2D eigenvalue weighted by atomic mass is 16.5. The second-order valence-electron chi connectivity index (χ2n) is 4.83. The summed E-state index contributed by atoms with van der Waals surface area (Å²) in [7, 11) is 0. The Bertz CT molecular complexity index is 419. The number of anilines is 1. The molecule has 1 aromatic carbocycles. The van der Waals surface area contributed by atoms with Crippen molar-refractivity contribution in [2.45, 2.75) is 6.42 Å². The fraction of sp³-hybridized carbons (Fsp3) is 0.467. The van der Waals surface area contributed by atoms with E-state index < -0.39 is 0 Å². The molecule has 1 saturated heterocycles. The standard InChI is InChI=1S/C15H20N2O/c1-3-15(17-9-11-18-12-10-17)4-2-13(1)14-5-7-16-8-6-14/h1-5,16H,6-12H2. The molecule has 0 saturated carbocycles. The van der Waals surface area contributed by atoms with Crippen molar-refractivity contribution in [2.24, 2.45) is 0 Å². The van der Waals surface area contributed by atoms with Crippen molar-refractivity contribution >= 4 is 11.3 Å². The Morgan fingerprint density at radius 3 is 2.50 bits per heavy atom. The topological polar surface area (TPSA) is 24.5 Å². The minimum absolute atomic E-state index is 0.846. The third-order valence-electron chi connectivity index (χ3n) is 3.68. The molecule has 0 bridgehead atoms. The first kappa shape index (κ1) is 11.8. The van der Waals surface area contributed by atoms with Crippen LogP contribution in [0.2, 0.25) is 0 Å². The van der Waals surface area contributed by atoms with Gasteiger partial charge in [-0.3, -0.25) is 0 Å². The molecular formula is C15H20N2O. The number of hydrogen-bond donors (Lipinski definition) is 1. The maximum absolute atomic E-state index is 5.38. The quantitative estimate of drug-likeness (QED) is 0.860. The first-order valence-electron chi connectivity index (χ1n) is 6.76. The Morgan fingerprint density at radius 1 is 1.06 bits per heavy atom. The molecule has 0 atom stereocenters. The van der Waals surface area contributed by atoms with Crippen LogP contribution in [0.25, 0.3) is 5.57 Å². The van der Waals surface area contributed by atoms with Crippen LogP contribution < -0.4 is 10.2 Å². The van der Waals surface area contributed by atoms with Crippen LogP contribution >= 0.6 is 0 Å². The van der Waals surface area contributed by atoms with Crippen LogP contribution in [0.5, 0.6) is 0 Å².